The van der Waals surface area contributed by atoms with Gasteiger partial charge in [0.2, 0.25) is 0 Å². The molecule has 0 aliphatic carbocycles. The third kappa shape index (κ3) is 3.31. The van der Waals surface area contributed by atoms with E-state index in [4.69, 9.17) is 10.5 Å². The van der Waals surface area contributed by atoms with Gasteiger partial charge in [-0.1, -0.05) is 0 Å². The summed E-state index contributed by atoms with van der Waals surface area (Å²) in [7, 11) is 0. The van der Waals surface area contributed by atoms with E-state index in [9.17, 15) is 13.6 Å². The van der Waals surface area contributed by atoms with Gasteiger partial charge in [-0.2, -0.15) is 0 Å². The smallest absolute Gasteiger partial charge is 0.340 e. The van der Waals surface area contributed by atoms with E-state index < -0.39 is 17.6 Å². The molecule has 20 heavy (non-hydrogen) atoms. The number of aryl methyl sites for hydroxylation is 1. The van der Waals surface area contributed by atoms with Gasteiger partial charge in [0.25, 0.3) is 0 Å². The molecule has 2 N–H and O–H groups in total. The number of carbonyl (C=O) groups is 1. The van der Waals surface area contributed by atoms with Crippen LogP contribution in [0.2, 0.25) is 0 Å². The molecular formula is C13H13F2N3O2. The van der Waals surface area contributed by atoms with E-state index in [1.807, 2.05) is 4.57 Å². The van der Waals surface area contributed by atoms with Crippen molar-refractivity contribution in [2.24, 2.45) is 0 Å². The van der Waals surface area contributed by atoms with Crippen LogP contribution in [0.25, 0.3) is 0 Å². The minimum atomic E-state index is -1.13. The summed E-state index contributed by atoms with van der Waals surface area (Å²) in [5.41, 5.74) is 5.13. The average Bonchev–Trinajstić information content (AvgIpc) is 2.92. The van der Waals surface area contributed by atoms with Gasteiger partial charge in [0.15, 0.2) is 11.6 Å². The average molecular weight is 281 g/mol. The summed E-state index contributed by atoms with van der Waals surface area (Å²) in [4.78, 5) is 15.6. The van der Waals surface area contributed by atoms with Crippen LogP contribution in [0.4, 0.5) is 14.5 Å². The summed E-state index contributed by atoms with van der Waals surface area (Å²) in [6.07, 6.45) is 5.66. The lowest BCUT2D eigenvalue weighted by Gasteiger charge is -2.08. The summed E-state index contributed by atoms with van der Waals surface area (Å²) in [6.45, 7) is 0.788. The second-order valence-corrected chi connectivity index (χ2v) is 4.14. The summed E-state index contributed by atoms with van der Waals surface area (Å²) in [6, 6.07) is 1.50. The van der Waals surface area contributed by atoms with E-state index in [0.29, 0.717) is 13.0 Å². The molecule has 0 amide bonds. The van der Waals surface area contributed by atoms with Gasteiger partial charge in [-0.05, 0) is 12.5 Å². The first-order chi connectivity index (χ1) is 9.58. The Morgan fingerprint density at radius 2 is 2.10 bits per heavy atom. The fourth-order valence-corrected chi connectivity index (χ4v) is 1.65. The lowest BCUT2D eigenvalue weighted by atomic mass is 10.1. The highest BCUT2D eigenvalue weighted by atomic mass is 19.2. The fourth-order valence-electron chi connectivity index (χ4n) is 1.65. The molecule has 0 saturated heterocycles. The van der Waals surface area contributed by atoms with Crippen LogP contribution in [-0.2, 0) is 11.3 Å². The van der Waals surface area contributed by atoms with Crippen LogP contribution in [-0.4, -0.2) is 22.1 Å². The van der Waals surface area contributed by atoms with Gasteiger partial charge in [-0.15, -0.1) is 0 Å². The molecule has 2 aromatic rings. The number of hydrogen-bond acceptors (Lipinski definition) is 4. The van der Waals surface area contributed by atoms with Crippen molar-refractivity contribution in [1.29, 1.82) is 0 Å². The number of hydrogen-bond donors (Lipinski definition) is 1. The van der Waals surface area contributed by atoms with Gasteiger partial charge in [-0.25, -0.2) is 18.6 Å². The molecule has 0 radical (unpaired) electrons. The molecule has 0 saturated carbocycles. The van der Waals surface area contributed by atoms with Crippen molar-refractivity contribution in [3.8, 4) is 0 Å². The minimum Gasteiger partial charge on any atom is -0.462 e. The van der Waals surface area contributed by atoms with Crippen LogP contribution in [0.1, 0.15) is 16.8 Å². The number of nitrogen functional groups attached to an aromatic ring is 1. The molecule has 0 aliphatic heterocycles. The highest BCUT2D eigenvalue weighted by molar-refractivity contribution is 5.95. The molecule has 106 valence electrons. The maximum atomic E-state index is 13.0. The summed E-state index contributed by atoms with van der Waals surface area (Å²) < 4.78 is 32.7. The van der Waals surface area contributed by atoms with Crippen molar-refractivity contribution < 1.29 is 18.3 Å². The van der Waals surface area contributed by atoms with Crippen molar-refractivity contribution in [2.75, 3.05) is 12.3 Å². The number of ether oxygens (including phenoxy) is 1. The molecule has 1 heterocycles. The Morgan fingerprint density at radius 3 is 2.80 bits per heavy atom. The molecule has 2 rings (SSSR count). The molecule has 5 nitrogen and oxygen atoms in total. The van der Waals surface area contributed by atoms with E-state index in [-0.39, 0.29) is 17.9 Å². The molecule has 0 spiro atoms. The Labute approximate surface area is 114 Å². The number of rotatable bonds is 5. The van der Waals surface area contributed by atoms with Gasteiger partial charge in [0.1, 0.15) is 0 Å². The van der Waals surface area contributed by atoms with Crippen LogP contribution in [0.15, 0.2) is 30.9 Å². The second-order valence-electron chi connectivity index (χ2n) is 4.14. The number of imidazole rings is 1. The first-order valence-corrected chi connectivity index (χ1v) is 5.95. The number of nitrogens with two attached hydrogens (primary N) is 1. The maximum Gasteiger partial charge on any atom is 0.340 e. The van der Waals surface area contributed by atoms with Gasteiger partial charge in [0.05, 0.1) is 18.5 Å². The molecule has 0 bridgehead atoms. The third-order valence-electron chi connectivity index (χ3n) is 2.67. The van der Waals surface area contributed by atoms with Crippen molar-refractivity contribution in [3.63, 3.8) is 0 Å². The van der Waals surface area contributed by atoms with E-state index in [1.165, 1.54) is 0 Å². The van der Waals surface area contributed by atoms with Crippen LogP contribution >= 0.6 is 0 Å². The Balaban J connectivity index is 1.87. The Kier molecular flexibility index (Phi) is 4.29. The summed E-state index contributed by atoms with van der Waals surface area (Å²) in [5.74, 6) is -3.00. The predicted molar refractivity (Wildman–Crippen MR) is 67.9 cm³/mol. The Morgan fingerprint density at radius 1 is 1.35 bits per heavy atom. The topological polar surface area (TPSA) is 70.1 Å². The molecule has 0 aliphatic rings. The van der Waals surface area contributed by atoms with Gasteiger partial charge >= 0.3 is 5.97 Å². The lowest BCUT2D eigenvalue weighted by Crippen LogP contribution is -2.11. The number of esters is 1. The molecule has 0 fully saturated rings. The number of nitrogens with zero attached hydrogens (tertiary/aromatic N) is 2. The van der Waals surface area contributed by atoms with Crippen molar-refractivity contribution in [1.82, 2.24) is 9.55 Å². The highest BCUT2D eigenvalue weighted by Crippen LogP contribution is 2.18. The first kappa shape index (κ1) is 14.0. The Bertz CT molecular complexity index is 600. The van der Waals surface area contributed by atoms with Gasteiger partial charge in [-0.3, -0.25) is 0 Å². The minimum absolute atomic E-state index is 0.148. The van der Waals surface area contributed by atoms with Gasteiger partial charge < -0.3 is 15.0 Å². The quantitative estimate of drug-likeness (QED) is 0.517. The van der Waals surface area contributed by atoms with Crippen molar-refractivity contribution in [2.45, 2.75) is 13.0 Å². The Hall–Kier alpha value is -2.44. The van der Waals surface area contributed by atoms with E-state index in [1.54, 1.807) is 18.7 Å². The second kappa shape index (κ2) is 6.14. The van der Waals surface area contributed by atoms with Crippen molar-refractivity contribution in [3.05, 3.63) is 48.1 Å². The number of benzene rings is 1. The van der Waals surface area contributed by atoms with Crippen LogP contribution in [0.5, 0.6) is 0 Å². The predicted octanol–water partition coefficient (Wildman–Crippen LogP) is 1.99. The van der Waals surface area contributed by atoms with Crippen LogP contribution in [0, 0.1) is 11.6 Å². The van der Waals surface area contributed by atoms with Crippen LogP contribution in [0.3, 0.4) is 0 Å². The zero-order valence-electron chi connectivity index (χ0n) is 10.6. The monoisotopic (exact) mass is 281 g/mol. The number of aromatic nitrogens is 2. The molecule has 0 atom stereocenters. The van der Waals surface area contributed by atoms with Gasteiger partial charge in [0, 0.05) is 30.7 Å². The maximum absolute atomic E-state index is 13.0. The lowest BCUT2D eigenvalue weighted by molar-refractivity contribution is 0.0496. The number of anilines is 1. The molecule has 1 aromatic carbocycles. The van der Waals surface area contributed by atoms with Crippen molar-refractivity contribution >= 4 is 11.7 Å². The largest absolute Gasteiger partial charge is 0.462 e. The highest BCUT2D eigenvalue weighted by Gasteiger charge is 2.15. The normalized spacial score (nSPS) is 10.5. The molecule has 1 aromatic heterocycles. The van der Waals surface area contributed by atoms with E-state index in [0.717, 1.165) is 12.1 Å². The number of carbonyl (C=O) groups excluding carboxylic acids is 1. The third-order valence-corrected chi connectivity index (χ3v) is 2.67. The molecule has 7 heteroatoms. The first-order valence-electron chi connectivity index (χ1n) is 5.95. The fraction of sp³-hybridized carbons (Fsp3) is 0.231. The molecular weight excluding hydrogens is 268 g/mol. The zero-order chi connectivity index (χ0) is 14.5. The number of halogens is 2. The molecule has 0 unspecified atom stereocenters. The SMILES string of the molecule is Nc1cc(F)c(F)cc1C(=O)OCCCn1ccnc1. The summed E-state index contributed by atoms with van der Waals surface area (Å²) >= 11 is 0. The van der Waals surface area contributed by atoms with Crippen LogP contribution < -0.4 is 5.73 Å². The van der Waals surface area contributed by atoms with E-state index >= 15 is 0 Å². The van der Waals surface area contributed by atoms with E-state index in [2.05, 4.69) is 4.98 Å². The zero-order valence-corrected chi connectivity index (χ0v) is 10.6. The summed E-state index contributed by atoms with van der Waals surface area (Å²) in [5, 5.41) is 0. The standard InChI is InChI=1S/C13H13F2N3O2/c14-10-6-9(12(16)7-11(10)15)13(19)20-5-1-3-18-4-2-17-8-18/h2,4,6-8H,1,3,5,16H2.